The lowest BCUT2D eigenvalue weighted by atomic mass is 10.3. The number of anilines is 1. The van der Waals surface area contributed by atoms with Crippen molar-refractivity contribution in [2.24, 2.45) is 0 Å². The lowest BCUT2D eigenvalue weighted by molar-refractivity contribution is -0.384. The first kappa shape index (κ1) is 14.7. The first-order chi connectivity index (χ1) is 9.95. The van der Waals surface area contributed by atoms with Gasteiger partial charge in [0.15, 0.2) is 5.82 Å². The standard InChI is InChI=1S/C11H10ClN5O4/c1-2-21-11(18)9-10(13)16(15-14-9)6-3-4-7(12)8(5-6)17(19)20/h3-5H,2,13H2,1H3. The van der Waals surface area contributed by atoms with Crippen molar-refractivity contribution in [3.05, 3.63) is 39.0 Å². The van der Waals surface area contributed by atoms with E-state index < -0.39 is 10.9 Å². The molecular weight excluding hydrogens is 302 g/mol. The molecule has 0 aliphatic rings. The van der Waals surface area contributed by atoms with Gasteiger partial charge in [-0.05, 0) is 19.1 Å². The number of carbonyl (C=O) groups excluding carboxylic acids is 1. The van der Waals surface area contributed by atoms with E-state index in [4.69, 9.17) is 22.1 Å². The van der Waals surface area contributed by atoms with Crippen LogP contribution in [-0.4, -0.2) is 32.5 Å². The normalized spacial score (nSPS) is 10.4. The number of aromatic nitrogens is 3. The molecule has 1 aromatic carbocycles. The van der Waals surface area contributed by atoms with Gasteiger partial charge in [0, 0.05) is 6.07 Å². The van der Waals surface area contributed by atoms with Gasteiger partial charge in [-0.1, -0.05) is 16.8 Å². The zero-order valence-corrected chi connectivity index (χ0v) is 11.6. The summed E-state index contributed by atoms with van der Waals surface area (Å²) in [5.74, 6) is -0.796. The average molecular weight is 312 g/mol. The van der Waals surface area contributed by atoms with Crippen LogP contribution in [0.4, 0.5) is 11.5 Å². The zero-order chi connectivity index (χ0) is 15.6. The van der Waals surface area contributed by atoms with Crippen molar-refractivity contribution >= 4 is 29.1 Å². The van der Waals surface area contributed by atoms with E-state index in [-0.39, 0.29) is 34.5 Å². The van der Waals surface area contributed by atoms with Crippen LogP contribution >= 0.6 is 11.6 Å². The Kier molecular flexibility index (Phi) is 4.03. The number of ether oxygens (including phenoxy) is 1. The highest BCUT2D eigenvalue weighted by Crippen LogP contribution is 2.27. The predicted molar refractivity (Wildman–Crippen MR) is 73.4 cm³/mol. The smallest absolute Gasteiger partial charge is 0.362 e. The van der Waals surface area contributed by atoms with E-state index in [1.54, 1.807) is 6.92 Å². The van der Waals surface area contributed by atoms with Crippen molar-refractivity contribution in [1.29, 1.82) is 0 Å². The van der Waals surface area contributed by atoms with E-state index >= 15 is 0 Å². The van der Waals surface area contributed by atoms with Crippen molar-refractivity contribution in [3.8, 4) is 5.69 Å². The SMILES string of the molecule is CCOC(=O)c1nnn(-c2ccc(Cl)c([N+](=O)[O-])c2)c1N. The summed E-state index contributed by atoms with van der Waals surface area (Å²) >= 11 is 5.72. The molecule has 2 aromatic rings. The number of nitrogens with zero attached hydrogens (tertiary/aromatic N) is 4. The number of nitrogen functional groups attached to an aromatic ring is 1. The van der Waals surface area contributed by atoms with Gasteiger partial charge in [0.1, 0.15) is 5.02 Å². The van der Waals surface area contributed by atoms with Gasteiger partial charge < -0.3 is 10.5 Å². The van der Waals surface area contributed by atoms with E-state index in [1.165, 1.54) is 18.2 Å². The summed E-state index contributed by atoms with van der Waals surface area (Å²) in [7, 11) is 0. The summed E-state index contributed by atoms with van der Waals surface area (Å²) in [6, 6.07) is 3.98. The highest BCUT2D eigenvalue weighted by atomic mass is 35.5. The molecule has 0 bridgehead atoms. The molecule has 110 valence electrons. The van der Waals surface area contributed by atoms with Crippen LogP contribution < -0.4 is 5.73 Å². The van der Waals surface area contributed by atoms with Crippen molar-refractivity contribution < 1.29 is 14.5 Å². The minimum Gasteiger partial charge on any atom is -0.461 e. The van der Waals surface area contributed by atoms with E-state index in [9.17, 15) is 14.9 Å². The van der Waals surface area contributed by atoms with Gasteiger partial charge in [0.2, 0.25) is 5.69 Å². The van der Waals surface area contributed by atoms with Crippen LogP contribution in [0.25, 0.3) is 5.69 Å². The Morgan fingerprint density at radius 1 is 1.57 bits per heavy atom. The topological polar surface area (TPSA) is 126 Å². The van der Waals surface area contributed by atoms with Crippen LogP contribution in [0.1, 0.15) is 17.4 Å². The molecule has 0 saturated carbocycles. The van der Waals surface area contributed by atoms with Crippen LogP contribution in [0, 0.1) is 10.1 Å². The molecule has 2 N–H and O–H groups in total. The molecule has 0 unspecified atom stereocenters. The molecule has 0 aliphatic carbocycles. The molecule has 1 heterocycles. The van der Waals surface area contributed by atoms with Gasteiger partial charge in [0.05, 0.1) is 17.2 Å². The number of nitro groups is 1. The van der Waals surface area contributed by atoms with E-state index in [0.29, 0.717) is 0 Å². The maximum absolute atomic E-state index is 11.6. The Bertz CT molecular complexity index is 715. The van der Waals surface area contributed by atoms with Gasteiger partial charge in [-0.25, -0.2) is 4.79 Å². The van der Waals surface area contributed by atoms with Gasteiger partial charge in [-0.3, -0.25) is 10.1 Å². The molecule has 0 aliphatic heterocycles. The fraction of sp³-hybridized carbons (Fsp3) is 0.182. The molecule has 2 rings (SSSR count). The quantitative estimate of drug-likeness (QED) is 0.516. The molecule has 0 spiro atoms. The summed E-state index contributed by atoms with van der Waals surface area (Å²) in [5, 5.41) is 18.2. The number of nitro benzene ring substituents is 1. The van der Waals surface area contributed by atoms with Crippen LogP contribution in [0.2, 0.25) is 5.02 Å². The Hall–Kier alpha value is -2.68. The number of rotatable bonds is 4. The van der Waals surface area contributed by atoms with E-state index in [1.807, 2.05) is 0 Å². The molecule has 1 aromatic heterocycles. The molecular formula is C11H10ClN5O4. The lowest BCUT2D eigenvalue weighted by Gasteiger charge is -2.04. The molecule has 0 fully saturated rings. The zero-order valence-electron chi connectivity index (χ0n) is 10.8. The Morgan fingerprint density at radius 3 is 2.90 bits per heavy atom. The summed E-state index contributed by atoms with van der Waals surface area (Å²) in [4.78, 5) is 21.8. The van der Waals surface area contributed by atoms with E-state index in [2.05, 4.69) is 10.3 Å². The van der Waals surface area contributed by atoms with Gasteiger partial charge in [-0.2, -0.15) is 4.68 Å². The van der Waals surface area contributed by atoms with Crippen LogP contribution in [-0.2, 0) is 4.74 Å². The molecule has 0 amide bonds. The fourth-order valence-corrected chi connectivity index (χ4v) is 1.78. The van der Waals surface area contributed by atoms with Crippen molar-refractivity contribution in [2.75, 3.05) is 12.3 Å². The number of benzene rings is 1. The lowest BCUT2D eigenvalue weighted by Crippen LogP contribution is -2.09. The van der Waals surface area contributed by atoms with Gasteiger partial charge >= 0.3 is 5.97 Å². The summed E-state index contributed by atoms with van der Waals surface area (Å²) in [6.45, 7) is 1.80. The van der Waals surface area contributed by atoms with Crippen LogP contribution in [0.5, 0.6) is 0 Å². The monoisotopic (exact) mass is 311 g/mol. The molecule has 9 nitrogen and oxygen atoms in total. The Balaban J connectivity index is 2.46. The maximum Gasteiger partial charge on any atom is 0.362 e. The highest BCUT2D eigenvalue weighted by molar-refractivity contribution is 6.32. The number of halogens is 1. The van der Waals surface area contributed by atoms with Crippen LogP contribution in [0.15, 0.2) is 18.2 Å². The average Bonchev–Trinajstić information content (AvgIpc) is 2.81. The van der Waals surface area contributed by atoms with Crippen LogP contribution in [0.3, 0.4) is 0 Å². The predicted octanol–water partition coefficient (Wildman–Crippen LogP) is 1.59. The minimum absolute atomic E-state index is 0.0203. The molecule has 0 saturated heterocycles. The molecule has 10 heteroatoms. The minimum atomic E-state index is -0.718. The third-order valence-corrected chi connectivity index (χ3v) is 2.86. The third kappa shape index (κ3) is 2.77. The second-order valence-electron chi connectivity index (χ2n) is 3.85. The first-order valence-corrected chi connectivity index (χ1v) is 6.16. The molecule has 0 atom stereocenters. The van der Waals surface area contributed by atoms with Gasteiger partial charge in [0.25, 0.3) is 5.69 Å². The number of nitrogens with two attached hydrogens (primary N) is 1. The Labute approximate surface area is 123 Å². The molecule has 0 radical (unpaired) electrons. The largest absolute Gasteiger partial charge is 0.461 e. The second-order valence-corrected chi connectivity index (χ2v) is 4.26. The van der Waals surface area contributed by atoms with Crippen molar-refractivity contribution in [3.63, 3.8) is 0 Å². The number of hydrogen-bond donors (Lipinski definition) is 1. The molecule has 21 heavy (non-hydrogen) atoms. The number of hydrogen-bond acceptors (Lipinski definition) is 7. The van der Waals surface area contributed by atoms with E-state index in [0.717, 1.165) is 4.68 Å². The van der Waals surface area contributed by atoms with Gasteiger partial charge in [-0.15, -0.1) is 5.10 Å². The fourth-order valence-electron chi connectivity index (χ4n) is 1.60. The summed E-state index contributed by atoms with van der Waals surface area (Å²) in [6.07, 6.45) is 0. The first-order valence-electron chi connectivity index (χ1n) is 5.78. The number of carbonyl (C=O) groups is 1. The Morgan fingerprint density at radius 2 is 2.29 bits per heavy atom. The number of esters is 1. The third-order valence-electron chi connectivity index (χ3n) is 2.54. The summed E-state index contributed by atoms with van der Waals surface area (Å²) < 4.78 is 5.87. The highest BCUT2D eigenvalue weighted by Gasteiger charge is 2.21. The van der Waals surface area contributed by atoms with Crippen molar-refractivity contribution in [2.45, 2.75) is 6.92 Å². The summed E-state index contributed by atoms with van der Waals surface area (Å²) in [5.41, 5.74) is 5.56. The maximum atomic E-state index is 11.6. The second kappa shape index (κ2) is 5.75. The van der Waals surface area contributed by atoms with Crippen molar-refractivity contribution in [1.82, 2.24) is 15.0 Å².